The van der Waals surface area contributed by atoms with Crippen molar-refractivity contribution in [1.82, 2.24) is 4.98 Å². The number of halogens is 2. The van der Waals surface area contributed by atoms with Crippen molar-refractivity contribution < 1.29 is 18.7 Å². The number of hydrogen-bond acceptors (Lipinski definition) is 6. The van der Waals surface area contributed by atoms with Gasteiger partial charge in [-0.3, -0.25) is 14.7 Å². The highest BCUT2D eigenvalue weighted by molar-refractivity contribution is 14.1. The summed E-state index contributed by atoms with van der Waals surface area (Å²) in [5, 5.41) is 0. The maximum Gasteiger partial charge on any atom is 0.270 e. The molecule has 9 heteroatoms. The second kappa shape index (κ2) is 9.97. The van der Waals surface area contributed by atoms with Gasteiger partial charge in [-0.2, -0.15) is 0 Å². The van der Waals surface area contributed by atoms with E-state index in [1.54, 1.807) is 37.6 Å². The Morgan fingerprint density at radius 1 is 1.22 bits per heavy atom. The maximum absolute atomic E-state index is 13.6. The van der Waals surface area contributed by atoms with Crippen LogP contribution in [0.3, 0.4) is 0 Å². The molecule has 1 saturated heterocycles. The van der Waals surface area contributed by atoms with Gasteiger partial charge >= 0.3 is 0 Å². The van der Waals surface area contributed by atoms with Crippen molar-refractivity contribution in [2.45, 2.75) is 6.61 Å². The second-order valence-corrected chi connectivity index (χ2v) is 9.48. The molecule has 1 aliphatic heterocycles. The Morgan fingerprint density at radius 3 is 2.78 bits per heavy atom. The van der Waals surface area contributed by atoms with Crippen molar-refractivity contribution >= 4 is 68.6 Å². The number of carbonyl (C=O) groups excluding carboxylic acids is 1. The summed E-state index contributed by atoms with van der Waals surface area (Å²) >= 11 is 8.70. The van der Waals surface area contributed by atoms with Gasteiger partial charge in [0.1, 0.15) is 12.4 Å². The molecule has 1 aromatic heterocycles. The summed E-state index contributed by atoms with van der Waals surface area (Å²) in [4.78, 5) is 19.0. The van der Waals surface area contributed by atoms with Crippen LogP contribution < -0.4 is 14.4 Å². The van der Waals surface area contributed by atoms with Crippen molar-refractivity contribution in [3.8, 4) is 11.5 Å². The predicted octanol–water partition coefficient (Wildman–Crippen LogP) is 5.82. The molecule has 1 amide bonds. The first-order chi connectivity index (χ1) is 15.5. The third-order valence-electron chi connectivity index (χ3n) is 4.50. The normalized spacial score (nSPS) is 14.8. The number of aromatic nitrogens is 1. The molecule has 1 aliphatic rings. The molecule has 0 radical (unpaired) electrons. The molecule has 4 rings (SSSR count). The molecule has 0 aliphatic carbocycles. The lowest BCUT2D eigenvalue weighted by Gasteiger charge is -2.14. The third-order valence-corrected chi connectivity index (χ3v) is 6.60. The molecular weight excluding hydrogens is 562 g/mol. The summed E-state index contributed by atoms with van der Waals surface area (Å²) < 4.78 is 26.3. The minimum Gasteiger partial charge on any atom is -0.493 e. The van der Waals surface area contributed by atoms with Crippen LogP contribution >= 0.6 is 46.6 Å². The Bertz CT molecular complexity index is 1220. The van der Waals surface area contributed by atoms with Crippen LogP contribution in [0.15, 0.2) is 65.7 Å². The topological polar surface area (TPSA) is 51.7 Å². The lowest BCUT2D eigenvalue weighted by Crippen LogP contribution is -2.27. The lowest BCUT2D eigenvalue weighted by molar-refractivity contribution is -0.113. The van der Waals surface area contributed by atoms with Crippen LogP contribution in [0.1, 0.15) is 11.3 Å². The Labute approximate surface area is 207 Å². The van der Waals surface area contributed by atoms with Crippen LogP contribution in [0.5, 0.6) is 11.5 Å². The molecule has 0 spiro atoms. The van der Waals surface area contributed by atoms with Gasteiger partial charge in [-0.25, -0.2) is 4.39 Å². The number of pyridine rings is 1. The fourth-order valence-electron chi connectivity index (χ4n) is 3.05. The van der Waals surface area contributed by atoms with Gasteiger partial charge in [0, 0.05) is 6.20 Å². The van der Waals surface area contributed by atoms with Crippen LogP contribution in [0.2, 0.25) is 0 Å². The van der Waals surface area contributed by atoms with E-state index in [2.05, 4.69) is 27.6 Å². The number of ether oxygens (including phenoxy) is 2. The molecule has 0 unspecified atom stereocenters. The van der Waals surface area contributed by atoms with E-state index in [1.807, 2.05) is 24.3 Å². The maximum atomic E-state index is 13.6. The molecule has 32 heavy (non-hydrogen) atoms. The number of benzene rings is 2. The average molecular weight is 578 g/mol. The number of methoxy groups -OCH3 is 1. The van der Waals surface area contributed by atoms with Crippen molar-refractivity contribution in [1.29, 1.82) is 0 Å². The number of rotatable bonds is 6. The predicted molar refractivity (Wildman–Crippen MR) is 136 cm³/mol. The van der Waals surface area contributed by atoms with Gasteiger partial charge in [0.05, 0.1) is 27.0 Å². The van der Waals surface area contributed by atoms with Gasteiger partial charge in [-0.05, 0) is 76.7 Å². The van der Waals surface area contributed by atoms with E-state index in [0.29, 0.717) is 33.0 Å². The highest BCUT2D eigenvalue weighted by atomic mass is 127. The van der Waals surface area contributed by atoms with Crippen LogP contribution in [0.4, 0.5) is 10.1 Å². The zero-order valence-corrected chi connectivity index (χ0v) is 20.5. The molecule has 0 saturated carbocycles. The molecule has 3 aromatic rings. The Hall–Kier alpha value is -2.50. The van der Waals surface area contributed by atoms with E-state index in [9.17, 15) is 9.18 Å². The quantitative estimate of drug-likeness (QED) is 0.209. The molecule has 0 bridgehead atoms. The minimum absolute atomic E-state index is 0.296. The largest absolute Gasteiger partial charge is 0.493 e. The summed E-state index contributed by atoms with van der Waals surface area (Å²) in [5.41, 5.74) is 1.97. The van der Waals surface area contributed by atoms with Gasteiger partial charge in [-0.15, -0.1) is 0 Å². The number of hydrogen-bond donors (Lipinski definition) is 0. The number of thioether (sulfide) groups is 1. The van der Waals surface area contributed by atoms with Crippen LogP contribution in [-0.4, -0.2) is 22.3 Å². The molecule has 2 heterocycles. The fourth-order valence-corrected chi connectivity index (χ4v) is 5.13. The number of thiocarbonyl (C=S) groups is 1. The van der Waals surface area contributed by atoms with Crippen LogP contribution in [0.25, 0.3) is 6.08 Å². The van der Waals surface area contributed by atoms with Crippen LogP contribution in [-0.2, 0) is 11.4 Å². The van der Waals surface area contributed by atoms with Crippen molar-refractivity contribution in [3.63, 3.8) is 0 Å². The number of amides is 1. The number of carbonyl (C=O) groups is 1. The fraction of sp³-hybridized carbons (Fsp3) is 0.0870. The first kappa shape index (κ1) is 22.7. The second-order valence-electron chi connectivity index (χ2n) is 6.64. The molecule has 0 N–H and O–H groups in total. The molecule has 5 nitrogen and oxygen atoms in total. The highest BCUT2D eigenvalue weighted by Crippen LogP contribution is 2.39. The minimum atomic E-state index is -0.430. The molecule has 2 aromatic carbocycles. The third kappa shape index (κ3) is 4.94. The van der Waals surface area contributed by atoms with E-state index in [1.165, 1.54) is 28.8 Å². The average Bonchev–Trinajstić information content (AvgIpc) is 3.06. The SMILES string of the molecule is COc1cc(/C=C2/SC(=S)N(c3cccc(F)c3)C2=O)cc(I)c1OCc1ccccn1. The van der Waals surface area contributed by atoms with Crippen LogP contribution in [0, 0.1) is 9.39 Å². The first-order valence-electron chi connectivity index (χ1n) is 9.40. The summed E-state index contributed by atoms with van der Waals surface area (Å²) in [6.07, 6.45) is 3.45. The van der Waals surface area contributed by atoms with Crippen molar-refractivity contribution in [3.05, 3.63) is 86.3 Å². The Morgan fingerprint density at radius 2 is 2.06 bits per heavy atom. The van der Waals surface area contributed by atoms with E-state index < -0.39 is 5.82 Å². The summed E-state index contributed by atoms with van der Waals surface area (Å²) in [6.45, 7) is 0.304. The van der Waals surface area contributed by atoms with Gasteiger partial charge in [0.15, 0.2) is 15.8 Å². The van der Waals surface area contributed by atoms with Gasteiger partial charge in [0.25, 0.3) is 5.91 Å². The summed E-state index contributed by atoms with van der Waals surface area (Å²) in [6, 6.07) is 15.1. The Balaban J connectivity index is 1.59. The Kier molecular flexibility index (Phi) is 7.07. The molecule has 162 valence electrons. The van der Waals surface area contributed by atoms with Gasteiger partial charge in [-0.1, -0.05) is 36.1 Å². The summed E-state index contributed by atoms with van der Waals surface area (Å²) in [5.74, 6) is 0.416. The number of nitrogens with zero attached hydrogens (tertiary/aromatic N) is 2. The smallest absolute Gasteiger partial charge is 0.270 e. The summed E-state index contributed by atoms with van der Waals surface area (Å²) in [7, 11) is 1.56. The number of anilines is 1. The van der Waals surface area contributed by atoms with E-state index >= 15 is 0 Å². The zero-order chi connectivity index (χ0) is 22.7. The zero-order valence-electron chi connectivity index (χ0n) is 16.7. The van der Waals surface area contributed by atoms with E-state index in [0.717, 1.165) is 14.8 Å². The van der Waals surface area contributed by atoms with E-state index in [4.69, 9.17) is 21.7 Å². The standard InChI is InChI=1S/C23H16FIN2O3S2/c1-29-19-10-14(9-18(25)21(19)30-13-16-6-2-3-8-26-16)11-20-22(28)27(23(31)32-20)17-7-4-5-15(24)12-17/h2-12H,13H2,1H3/b20-11+. The lowest BCUT2D eigenvalue weighted by atomic mass is 10.1. The van der Waals surface area contributed by atoms with Crippen molar-refractivity contribution in [2.75, 3.05) is 12.0 Å². The monoisotopic (exact) mass is 578 g/mol. The molecule has 1 fully saturated rings. The molecular formula is C23H16FIN2O3S2. The van der Waals surface area contributed by atoms with Gasteiger partial charge < -0.3 is 9.47 Å². The highest BCUT2D eigenvalue weighted by Gasteiger charge is 2.33. The first-order valence-corrected chi connectivity index (χ1v) is 11.7. The van der Waals surface area contributed by atoms with Crippen molar-refractivity contribution in [2.24, 2.45) is 0 Å². The van der Waals surface area contributed by atoms with Gasteiger partial charge in [0.2, 0.25) is 0 Å². The molecule has 0 atom stereocenters. The van der Waals surface area contributed by atoms with E-state index in [-0.39, 0.29) is 5.91 Å².